The standard InChI is InChI=1S/C41H52F3NO8.C31H39N3O7/c1-8-9-36-52-35-18-26-27-17-29(42)28-15-24(46)12-13-38(28,6)40(27,44)33(48)19-39(26,7)41(35,53-36)34(49)20-51-25-10-11-31(30(43)16-25)45-37(50)22(4)14-32(47)23(5)21(2)3;1-32-29(35)14-16-38-18-20-40-22-23-41-21-19-39-17-15-33-30(36)12-13-31(37)34-24-27-8-3-2-6-25(27)10-11-26-7-4-5-9-28(26)34/h10-13,15-16,21-23,26-27,29,33,35-36,48H,8-9,14,17-20H2,1-7H3,(H,45,50);2-9H,12-24H2,1H3,(H,32,35)(H,33,36)/t22-,23+,26+,27+,29+,33+,35-,36?,38+,39+,40+,41-;/m1./s1. The zero-order chi connectivity index (χ0) is 68.0. The summed E-state index contributed by atoms with van der Waals surface area (Å²) >= 11 is 0. The van der Waals surface area contributed by atoms with Gasteiger partial charge < -0.3 is 59.1 Å². The average molecular weight is 1310 g/mol. The van der Waals surface area contributed by atoms with Crippen LogP contribution < -0.4 is 25.6 Å². The number of ether oxygens (including phenoxy) is 7. The van der Waals surface area contributed by atoms with Gasteiger partial charge in [0.05, 0.1) is 83.0 Å². The lowest BCUT2D eigenvalue weighted by molar-refractivity contribution is -0.234. The molecule has 4 amide bonds. The highest BCUT2D eigenvalue weighted by molar-refractivity contribution is 6.01. The molecule has 6 aliphatic rings. The molecule has 2 aliphatic heterocycles. The lowest BCUT2D eigenvalue weighted by atomic mass is 9.44. The Bertz CT molecular complexity index is 3350. The number of ketones is 3. The molecule has 3 saturated carbocycles. The van der Waals surface area contributed by atoms with Crippen molar-refractivity contribution >= 4 is 52.4 Å². The van der Waals surface area contributed by atoms with Crippen LogP contribution >= 0.6 is 0 Å². The van der Waals surface area contributed by atoms with Crippen LogP contribution in [0.3, 0.4) is 0 Å². The van der Waals surface area contributed by atoms with Crippen molar-refractivity contribution < 1.29 is 85.0 Å². The molecule has 9 rings (SSSR count). The van der Waals surface area contributed by atoms with Gasteiger partial charge in [0, 0.05) is 85.1 Å². The van der Waals surface area contributed by atoms with E-state index in [2.05, 4.69) is 27.8 Å². The number of halogens is 3. The molecule has 2 heterocycles. The van der Waals surface area contributed by atoms with Crippen LogP contribution in [0.25, 0.3) is 0 Å². The van der Waals surface area contributed by atoms with Crippen LogP contribution in [0.4, 0.5) is 24.5 Å². The van der Waals surface area contributed by atoms with Crippen molar-refractivity contribution in [2.45, 2.75) is 149 Å². The third kappa shape index (κ3) is 16.2. The summed E-state index contributed by atoms with van der Waals surface area (Å²) in [6, 6.07) is 19.1. The van der Waals surface area contributed by atoms with E-state index in [1.807, 2.05) is 76.2 Å². The maximum absolute atomic E-state index is 17.7. The van der Waals surface area contributed by atoms with E-state index in [1.54, 1.807) is 25.8 Å². The molecule has 1 saturated heterocycles. The second-order valence-electron chi connectivity index (χ2n) is 25.9. The molecule has 4 fully saturated rings. The fourth-order valence-corrected chi connectivity index (χ4v) is 14.0. The highest BCUT2D eigenvalue weighted by atomic mass is 19.1. The first kappa shape index (κ1) is 72.7. The van der Waals surface area contributed by atoms with Crippen molar-refractivity contribution in [2.24, 2.45) is 40.4 Å². The number of fused-ring (bicyclic) bond motifs is 9. The molecule has 1 unspecified atom stereocenters. The largest absolute Gasteiger partial charge is 0.486 e. The number of aliphatic hydroxyl groups is 1. The summed E-state index contributed by atoms with van der Waals surface area (Å²) in [6.45, 7) is 16.0. The minimum absolute atomic E-state index is 0.00406. The third-order valence-corrected chi connectivity index (χ3v) is 19.6. The van der Waals surface area contributed by atoms with Gasteiger partial charge in [-0.2, -0.15) is 0 Å². The molecule has 4 aliphatic carbocycles. The zero-order valence-electron chi connectivity index (χ0n) is 55.2. The molecule has 3 aromatic rings. The Morgan fingerprint density at radius 1 is 0.819 bits per heavy atom. The summed E-state index contributed by atoms with van der Waals surface area (Å²) in [6.07, 6.45) is 0.288. The summed E-state index contributed by atoms with van der Waals surface area (Å²) in [5, 5.41) is 19.7. The van der Waals surface area contributed by atoms with Crippen LogP contribution in [-0.4, -0.2) is 155 Å². The number of hydrogen-bond acceptors (Lipinski definition) is 15. The van der Waals surface area contributed by atoms with Crippen LogP contribution in [0.15, 0.2) is 90.5 Å². The number of amides is 4. The SMILES string of the molecule is CCCC1O[C@@H]2C[C@H]3[C@@H]4C[C@H](F)C5=CC(=O)C=C[C@]5(C)[C@@]4(F)[C@@H](O)C[C@]3(C)[C@]2(C(=O)COc2ccc(NC(=O)[C@H](C)CC(=O)[C@@H](C)C(C)C)c(F)c2)O1.CNC(=O)CCOCCOCCOCCOCCNC(=O)CCC(=O)N1Cc2ccccc2C#Cc2ccccc21. The van der Waals surface area contributed by atoms with Gasteiger partial charge in [-0.1, -0.05) is 96.2 Å². The van der Waals surface area contributed by atoms with Gasteiger partial charge in [0.2, 0.25) is 29.4 Å². The fourth-order valence-electron chi connectivity index (χ4n) is 14.0. The van der Waals surface area contributed by atoms with E-state index in [9.17, 15) is 38.7 Å². The molecule has 510 valence electrons. The first-order valence-electron chi connectivity index (χ1n) is 32.8. The van der Waals surface area contributed by atoms with E-state index in [4.69, 9.17) is 33.2 Å². The average Bonchev–Trinajstić information content (AvgIpc) is 1.39. The Balaban J connectivity index is 0.000000250. The molecular weight excluding hydrogens is 1220 g/mol. The Kier molecular flexibility index (Phi) is 25.2. The second kappa shape index (κ2) is 32.6. The number of Topliss-reactive ketones (excluding diaryl/α,β-unsaturated/α-hetero) is 2. The fraction of sp³-hybridized carbons (Fsp3) is 0.569. The topological polar surface area (TPSA) is 244 Å². The van der Waals surface area contributed by atoms with Gasteiger partial charge >= 0.3 is 0 Å². The van der Waals surface area contributed by atoms with Crippen molar-refractivity contribution in [3.05, 3.63) is 113 Å². The van der Waals surface area contributed by atoms with E-state index >= 15 is 13.2 Å². The van der Waals surface area contributed by atoms with Gasteiger partial charge in [-0.15, -0.1) is 0 Å². The molecule has 3 aromatic carbocycles. The monoisotopic (exact) mass is 1310 g/mol. The Morgan fingerprint density at radius 3 is 2.16 bits per heavy atom. The lowest BCUT2D eigenvalue weighted by Gasteiger charge is -2.63. The molecule has 0 bridgehead atoms. The van der Waals surface area contributed by atoms with E-state index in [0.29, 0.717) is 85.2 Å². The maximum Gasteiger partial charge on any atom is 0.227 e. The molecular formula is C72H91F3N4O15. The van der Waals surface area contributed by atoms with Crippen molar-refractivity contribution in [3.8, 4) is 17.6 Å². The molecule has 19 nitrogen and oxygen atoms in total. The van der Waals surface area contributed by atoms with Crippen LogP contribution in [0, 0.1) is 58.1 Å². The van der Waals surface area contributed by atoms with Crippen molar-refractivity contribution in [1.82, 2.24) is 10.6 Å². The van der Waals surface area contributed by atoms with Crippen molar-refractivity contribution in [3.63, 3.8) is 0 Å². The number of anilines is 2. The van der Waals surface area contributed by atoms with Gasteiger partial charge in [-0.25, -0.2) is 13.2 Å². The van der Waals surface area contributed by atoms with E-state index < -0.39 is 94.4 Å². The molecule has 12 atom stereocenters. The normalized spacial score (nSPS) is 26.7. The number of benzene rings is 3. The zero-order valence-corrected chi connectivity index (χ0v) is 55.2. The summed E-state index contributed by atoms with van der Waals surface area (Å²) in [5.41, 5.74) is -3.47. The van der Waals surface area contributed by atoms with E-state index in [0.717, 1.165) is 34.5 Å². The van der Waals surface area contributed by atoms with Crippen molar-refractivity contribution in [2.75, 3.05) is 83.3 Å². The summed E-state index contributed by atoms with van der Waals surface area (Å²) in [5.74, 6) is 1.25. The quantitative estimate of drug-likeness (QED) is 0.0360. The van der Waals surface area contributed by atoms with Crippen molar-refractivity contribution in [1.29, 1.82) is 0 Å². The van der Waals surface area contributed by atoms with Gasteiger partial charge in [-0.3, -0.25) is 33.6 Å². The minimum Gasteiger partial charge on any atom is -0.486 e. The molecule has 0 spiro atoms. The Hall–Kier alpha value is -7.10. The number of hydrogen-bond donors (Lipinski definition) is 4. The van der Waals surface area contributed by atoms with Gasteiger partial charge in [0.25, 0.3) is 0 Å². The third-order valence-electron chi connectivity index (χ3n) is 19.6. The molecule has 22 heteroatoms. The summed E-state index contributed by atoms with van der Waals surface area (Å²) in [7, 11) is 1.59. The smallest absolute Gasteiger partial charge is 0.227 e. The molecule has 94 heavy (non-hydrogen) atoms. The predicted molar refractivity (Wildman–Crippen MR) is 344 cm³/mol. The number of rotatable bonds is 30. The predicted octanol–water partition coefficient (Wildman–Crippen LogP) is 8.84. The number of carbonyl (C=O) groups is 7. The molecule has 4 N–H and O–H groups in total. The summed E-state index contributed by atoms with van der Waals surface area (Å²) in [4.78, 5) is 90.3. The highest BCUT2D eigenvalue weighted by Gasteiger charge is 2.80. The maximum atomic E-state index is 17.7. The second-order valence-corrected chi connectivity index (χ2v) is 25.9. The van der Waals surface area contributed by atoms with Crippen LogP contribution in [0.5, 0.6) is 5.75 Å². The summed E-state index contributed by atoms with van der Waals surface area (Å²) < 4.78 is 89.3. The van der Waals surface area contributed by atoms with E-state index in [-0.39, 0.29) is 90.9 Å². The van der Waals surface area contributed by atoms with Crippen LogP contribution in [-0.2, 0) is 68.5 Å². The first-order chi connectivity index (χ1) is 44.9. The number of allylic oxidation sites excluding steroid dienone is 4. The number of nitrogens with zero attached hydrogens (tertiary/aromatic N) is 1. The van der Waals surface area contributed by atoms with Crippen LogP contribution in [0.1, 0.15) is 123 Å². The molecule has 0 aromatic heterocycles. The lowest BCUT2D eigenvalue weighted by Crippen LogP contribution is -2.71. The number of aliphatic hydroxyl groups excluding tert-OH is 1. The highest BCUT2D eigenvalue weighted by Crippen LogP contribution is 2.72. The number of para-hydroxylation sites is 1. The molecule has 0 radical (unpaired) electrons. The Morgan fingerprint density at radius 2 is 1.48 bits per heavy atom. The van der Waals surface area contributed by atoms with Crippen LogP contribution in [0.2, 0.25) is 0 Å². The van der Waals surface area contributed by atoms with Gasteiger partial charge in [-0.05, 0) is 98.1 Å². The van der Waals surface area contributed by atoms with Gasteiger partial charge in [0.1, 0.15) is 30.1 Å². The van der Waals surface area contributed by atoms with Gasteiger partial charge in [0.15, 0.2) is 23.3 Å². The number of nitrogens with one attached hydrogen (secondary N) is 3. The Labute approximate surface area is 548 Å². The number of carbonyl (C=O) groups excluding carboxylic acids is 7. The first-order valence-corrected chi connectivity index (χ1v) is 32.8. The number of alkyl halides is 2. The minimum atomic E-state index is -2.33. The van der Waals surface area contributed by atoms with E-state index in [1.165, 1.54) is 31.2 Å².